The lowest BCUT2D eigenvalue weighted by Crippen LogP contribution is -2.28. The number of aromatic nitrogens is 1. The zero-order valence-electron chi connectivity index (χ0n) is 15.8. The number of nitrogens with one attached hydrogen (secondary N) is 1. The molecule has 1 aromatic heterocycles. The summed E-state index contributed by atoms with van der Waals surface area (Å²) in [6.07, 6.45) is 0. The summed E-state index contributed by atoms with van der Waals surface area (Å²) >= 11 is 0. The Morgan fingerprint density at radius 2 is 1.64 bits per heavy atom. The van der Waals surface area contributed by atoms with Gasteiger partial charge in [-0.2, -0.15) is 0 Å². The highest BCUT2D eigenvalue weighted by Crippen LogP contribution is 2.45. The van der Waals surface area contributed by atoms with E-state index < -0.39 is 0 Å². The Labute approximate surface area is 163 Å². The lowest BCUT2D eigenvalue weighted by Gasteiger charge is -2.26. The molecule has 4 aromatic rings. The standard InChI is InChI=1S/C24H20N2O2/c1-15-22(20-9-5-6-10-21(20)25-15)23-18-7-3-4-8-19(18)24(27)26(23)16-11-13-17(28-2)14-12-16/h3-14,23,25H,1-2H3. The van der Waals surface area contributed by atoms with Crippen molar-refractivity contribution in [3.63, 3.8) is 0 Å². The summed E-state index contributed by atoms with van der Waals surface area (Å²) in [5.74, 6) is 0.795. The monoisotopic (exact) mass is 368 g/mol. The number of nitrogens with zero attached hydrogens (tertiary/aromatic N) is 1. The number of rotatable bonds is 3. The van der Waals surface area contributed by atoms with Gasteiger partial charge in [0.25, 0.3) is 5.91 Å². The summed E-state index contributed by atoms with van der Waals surface area (Å²) in [6.45, 7) is 2.08. The Bertz CT molecular complexity index is 1190. The number of carbonyl (C=O) groups is 1. The molecular formula is C24H20N2O2. The van der Waals surface area contributed by atoms with E-state index in [-0.39, 0.29) is 11.9 Å². The summed E-state index contributed by atoms with van der Waals surface area (Å²) in [5, 5.41) is 1.15. The Morgan fingerprint density at radius 3 is 2.43 bits per heavy atom. The first kappa shape index (κ1) is 16.6. The first-order valence-corrected chi connectivity index (χ1v) is 9.33. The van der Waals surface area contributed by atoms with E-state index in [2.05, 4.69) is 30.1 Å². The minimum atomic E-state index is -0.173. The number of carbonyl (C=O) groups excluding carboxylic acids is 1. The van der Waals surface area contributed by atoms with Crippen molar-refractivity contribution in [2.24, 2.45) is 0 Å². The molecule has 5 rings (SSSR count). The summed E-state index contributed by atoms with van der Waals surface area (Å²) < 4.78 is 5.29. The number of fused-ring (bicyclic) bond motifs is 2. The van der Waals surface area contributed by atoms with Crippen LogP contribution in [0.1, 0.15) is 33.2 Å². The molecule has 28 heavy (non-hydrogen) atoms. The fourth-order valence-corrected chi connectivity index (χ4v) is 4.26. The molecule has 0 saturated carbocycles. The van der Waals surface area contributed by atoms with Gasteiger partial charge in [0.05, 0.1) is 13.2 Å². The van der Waals surface area contributed by atoms with E-state index in [1.165, 1.54) is 0 Å². The van der Waals surface area contributed by atoms with Crippen LogP contribution in [0.25, 0.3) is 10.9 Å². The lowest BCUT2D eigenvalue weighted by atomic mass is 9.95. The molecular weight excluding hydrogens is 348 g/mol. The molecule has 0 saturated heterocycles. The van der Waals surface area contributed by atoms with Gasteiger partial charge in [0.1, 0.15) is 5.75 Å². The van der Waals surface area contributed by atoms with E-state index in [0.717, 1.165) is 44.7 Å². The predicted octanol–water partition coefficient (Wildman–Crippen LogP) is 5.23. The average molecular weight is 368 g/mol. The highest BCUT2D eigenvalue weighted by Gasteiger charge is 2.40. The first-order valence-electron chi connectivity index (χ1n) is 9.33. The van der Waals surface area contributed by atoms with Gasteiger partial charge in [-0.3, -0.25) is 9.69 Å². The quantitative estimate of drug-likeness (QED) is 0.538. The normalized spacial score (nSPS) is 15.9. The third-order valence-corrected chi connectivity index (χ3v) is 5.53. The number of aromatic amines is 1. The van der Waals surface area contributed by atoms with Crippen LogP contribution in [0.15, 0.2) is 72.8 Å². The molecule has 1 amide bonds. The second kappa shape index (κ2) is 6.27. The van der Waals surface area contributed by atoms with Gasteiger partial charge in [-0.1, -0.05) is 36.4 Å². The van der Waals surface area contributed by atoms with Gasteiger partial charge in [-0.25, -0.2) is 0 Å². The Kier molecular flexibility index (Phi) is 3.72. The minimum absolute atomic E-state index is 0.0236. The number of amides is 1. The van der Waals surface area contributed by atoms with Crippen molar-refractivity contribution >= 4 is 22.5 Å². The number of methoxy groups -OCH3 is 1. The number of ether oxygens (including phenoxy) is 1. The molecule has 4 heteroatoms. The Hall–Kier alpha value is -3.53. The van der Waals surface area contributed by atoms with Crippen LogP contribution in [-0.2, 0) is 0 Å². The number of para-hydroxylation sites is 1. The maximum Gasteiger partial charge on any atom is 0.259 e. The molecule has 0 radical (unpaired) electrons. The molecule has 1 aliphatic rings. The van der Waals surface area contributed by atoms with Gasteiger partial charge >= 0.3 is 0 Å². The molecule has 3 aromatic carbocycles. The van der Waals surface area contributed by atoms with E-state index in [0.29, 0.717) is 0 Å². The van der Waals surface area contributed by atoms with E-state index >= 15 is 0 Å². The lowest BCUT2D eigenvalue weighted by molar-refractivity contribution is 0.0993. The minimum Gasteiger partial charge on any atom is -0.497 e. The van der Waals surface area contributed by atoms with Crippen molar-refractivity contribution in [3.8, 4) is 5.75 Å². The predicted molar refractivity (Wildman–Crippen MR) is 111 cm³/mol. The number of benzene rings is 3. The molecule has 4 nitrogen and oxygen atoms in total. The molecule has 1 unspecified atom stereocenters. The average Bonchev–Trinajstić information content (AvgIpc) is 3.21. The van der Waals surface area contributed by atoms with Crippen molar-refractivity contribution in [2.45, 2.75) is 13.0 Å². The van der Waals surface area contributed by atoms with Crippen LogP contribution in [0.5, 0.6) is 5.75 Å². The van der Waals surface area contributed by atoms with E-state index in [4.69, 9.17) is 4.74 Å². The fraction of sp³-hybridized carbons (Fsp3) is 0.125. The van der Waals surface area contributed by atoms with E-state index in [1.54, 1.807) is 7.11 Å². The molecule has 2 heterocycles. The zero-order chi connectivity index (χ0) is 19.3. The molecule has 0 bridgehead atoms. The second-order valence-corrected chi connectivity index (χ2v) is 7.07. The smallest absolute Gasteiger partial charge is 0.259 e. The van der Waals surface area contributed by atoms with E-state index in [1.807, 2.05) is 59.5 Å². The van der Waals surface area contributed by atoms with Crippen LogP contribution < -0.4 is 9.64 Å². The molecule has 0 aliphatic carbocycles. The highest BCUT2D eigenvalue weighted by molar-refractivity contribution is 6.12. The number of aryl methyl sites for hydroxylation is 1. The Morgan fingerprint density at radius 1 is 0.929 bits per heavy atom. The Balaban J connectivity index is 1.75. The van der Waals surface area contributed by atoms with Crippen LogP contribution in [0.3, 0.4) is 0 Å². The van der Waals surface area contributed by atoms with Gasteiger partial charge in [0.15, 0.2) is 0 Å². The second-order valence-electron chi connectivity index (χ2n) is 7.07. The van der Waals surface area contributed by atoms with Crippen molar-refractivity contribution in [2.75, 3.05) is 12.0 Å². The van der Waals surface area contributed by atoms with E-state index in [9.17, 15) is 4.79 Å². The van der Waals surface area contributed by atoms with Gasteiger partial charge in [0.2, 0.25) is 0 Å². The summed E-state index contributed by atoms with van der Waals surface area (Å²) in [4.78, 5) is 18.8. The largest absolute Gasteiger partial charge is 0.497 e. The third kappa shape index (κ3) is 2.34. The van der Waals surface area contributed by atoms with Crippen LogP contribution in [0, 0.1) is 6.92 Å². The molecule has 0 fully saturated rings. The SMILES string of the molecule is COc1ccc(N2C(=O)c3ccccc3C2c2c(C)[nH]c3ccccc23)cc1. The zero-order valence-corrected chi connectivity index (χ0v) is 15.8. The third-order valence-electron chi connectivity index (χ3n) is 5.53. The molecule has 1 atom stereocenters. The number of H-pyrrole nitrogens is 1. The van der Waals surface area contributed by atoms with Crippen LogP contribution in [-0.4, -0.2) is 18.0 Å². The van der Waals surface area contributed by atoms with Gasteiger partial charge in [0, 0.05) is 33.4 Å². The van der Waals surface area contributed by atoms with Crippen LogP contribution in [0.2, 0.25) is 0 Å². The number of hydrogen-bond donors (Lipinski definition) is 1. The number of anilines is 1. The maximum absolute atomic E-state index is 13.4. The fourth-order valence-electron chi connectivity index (χ4n) is 4.26. The topological polar surface area (TPSA) is 45.3 Å². The molecule has 1 aliphatic heterocycles. The van der Waals surface area contributed by atoms with Crippen molar-refractivity contribution < 1.29 is 9.53 Å². The van der Waals surface area contributed by atoms with Crippen LogP contribution in [0.4, 0.5) is 5.69 Å². The van der Waals surface area contributed by atoms with Gasteiger partial charge in [-0.05, 0) is 48.9 Å². The van der Waals surface area contributed by atoms with Crippen molar-refractivity contribution in [3.05, 3.63) is 95.2 Å². The molecule has 0 spiro atoms. The summed E-state index contributed by atoms with van der Waals surface area (Å²) in [7, 11) is 1.64. The molecule has 1 N–H and O–H groups in total. The van der Waals surface area contributed by atoms with Gasteiger partial charge < -0.3 is 9.72 Å². The van der Waals surface area contributed by atoms with Crippen molar-refractivity contribution in [1.29, 1.82) is 0 Å². The van der Waals surface area contributed by atoms with Gasteiger partial charge in [-0.15, -0.1) is 0 Å². The highest BCUT2D eigenvalue weighted by atomic mass is 16.5. The maximum atomic E-state index is 13.4. The van der Waals surface area contributed by atoms with Crippen LogP contribution >= 0.6 is 0 Å². The summed E-state index contributed by atoms with van der Waals surface area (Å²) in [5.41, 5.74) is 5.96. The number of hydrogen-bond acceptors (Lipinski definition) is 2. The summed E-state index contributed by atoms with van der Waals surface area (Å²) in [6, 6.07) is 23.7. The molecule has 138 valence electrons. The first-order chi connectivity index (χ1) is 13.7. The van der Waals surface area contributed by atoms with Crippen molar-refractivity contribution in [1.82, 2.24) is 4.98 Å².